The van der Waals surface area contributed by atoms with Gasteiger partial charge in [-0.15, -0.1) is 0 Å². The molecule has 0 atom stereocenters. The highest BCUT2D eigenvalue weighted by molar-refractivity contribution is 6.40. The lowest BCUT2D eigenvalue weighted by Gasteiger charge is -2.08. The Morgan fingerprint density at radius 3 is 2.39 bits per heavy atom. The van der Waals surface area contributed by atoms with Crippen molar-refractivity contribution >= 4 is 41.3 Å². The summed E-state index contributed by atoms with van der Waals surface area (Å²) < 4.78 is 10.4. The van der Waals surface area contributed by atoms with Crippen molar-refractivity contribution in [3.8, 4) is 11.5 Å². The van der Waals surface area contributed by atoms with Crippen molar-refractivity contribution in [2.75, 3.05) is 12.4 Å². The first-order chi connectivity index (χ1) is 15.9. The molecule has 0 unspecified atom stereocenters. The molecule has 2 N–H and O–H groups in total. The van der Waals surface area contributed by atoms with E-state index >= 15 is 0 Å². The molecule has 8 nitrogen and oxygen atoms in total. The Hall–Kier alpha value is -4.17. The van der Waals surface area contributed by atoms with E-state index in [9.17, 15) is 14.4 Å². The minimum atomic E-state index is -0.951. The molecule has 2 amide bonds. The zero-order valence-corrected chi connectivity index (χ0v) is 18.6. The number of rotatable bonds is 6. The summed E-state index contributed by atoms with van der Waals surface area (Å²) in [4.78, 5) is 36.4. The van der Waals surface area contributed by atoms with Crippen LogP contribution in [0.4, 0.5) is 5.69 Å². The smallest absolute Gasteiger partial charge is 0.343 e. The zero-order valence-electron chi connectivity index (χ0n) is 17.8. The number of carbonyl (C=O) groups is 3. The Morgan fingerprint density at radius 2 is 1.67 bits per heavy atom. The molecular weight excluding hydrogens is 446 g/mol. The third kappa shape index (κ3) is 6.41. The van der Waals surface area contributed by atoms with Gasteiger partial charge >= 0.3 is 17.8 Å². The van der Waals surface area contributed by atoms with Crippen LogP contribution in [0.3, 0.4) is 0 Å². The van der Waals surface area contributed by atoms with Crippen molar-refractivity contribution in [1.82, 2.24) is 5.43 Å². The van der Waals surface area contributed by atoms with Gasteiger partial charge in [0.2, 0.25) is 0 Å². The fourth-order valence-corrected chi connectivity index (χ4v) is 2.86. The number of ether oxygens (including phenoxy) is 2. The molecule has 33 heavy (non-hydrogen) atoms. The summed E-state index contributed by atoms with van der Waals surface area (Å²) >= 11 is 6.01. The predicted molar refractivity (Wildman–Crippen MR) is 125 cm³/mol. The summed E-state index contributed by atoms with van der Waals surface area (Å²) in [7, 11) is 1.54. The van der Waals surface area contributed by atoms with Gasteiger partial charge in [-0.1, -0.05) is 29.8 Å². The van der Waals surface area contributed by atoms with Gasteiger partial charge in [-0.3, -0.25) is 9.59 Å². The average molecular weight is 466 g/mol. The van der Waals surface area contributed by atoms with Crippen molar-refractivity contribution < 1.29 is 23.9 Å². The van der Waals surface area contributed by atoms with Gasteiger partial charge < -0.3 is 14.8 Å². The molecule has 9 heteroatoms. The van der Waals surface area contributed by atoms with Crippen LogP contribution in [0.5, 0.6) is 11.5 Å². The van der Waals surface area contributed by atoms with E-state index in [1.807, 2.05) is 0 Å². The molecule has 168 valence electrons. The second kappa shape index (κ2) is 10.9. The SMILES string of the molecule is COc1ccc(C(=O)Oc2cccc(C=NNC(=O)C(=O)Nc3cccc(Cl)c3C)c2)cc1. The summed E-state index contributed by atoms with van der Waals surface area (Å²) in [6, 6.07) is 18.0. The van der Waals surface area contributed by atoms with E-state index in [4.69, 9.17) is 21.1 Å². The number of carbonyl (C=O) groups excluding carboxylic acids is 3. The van der Waals surface area contributed by atoms with E-state index in [0.29, 0.717) is 38.9 Å². The highest BCUT2D eigenvalue weighted by Gasteiger charge is 2.14. The summed E-state index contributed by atoms with van der Waals surface area (Å²) in [6.45, 7) is 1.72. The number of amides is 2. The Bertz CT molecular complexity index is 1210. The van der Waals surface area contributed by atoms with Crippen LogP contribution in [0.1, 0.15) is 21.5 Å². The van der Waals surface area contributed by atoms with Crippen LogP contribution < -0.4 is 20.2 Å². The zero-order chi connectivity index (χ0) is 23.8. The van der Waals surface area contributed by atoms with Crippen LogP contribution in [0.2, 0.25) is 5.02 Å². The van der Waals surface area contributed by atoms with Crippen molar-refractivity contribution in [2.45, 2.75) is 6.92 Å². The lowest BCUT2D eigenvalue weighted by atomic mass is 10.2. The maximum Gasteiger partial charge on any atom is 0.343 e. The molecular formula is C24H20ClN3O5. The molecule has 3 rings (SSSR count). The standard InChI is InChI=1S/C24H20ClN3O5/c1-15-20(25)7-4-8-21(15)27-22(29)23(30)28-26-14-16-5-3-6-19(13-16)33-24(31)17-9-11-18(32-2)12-10-17/h3-14H,1-2H3,(H,27,29)(H,28,30). The van der Waals surface area contributed by atoms with Gasteiger partial charge in [-0.2, -0.15) is 5.10 Å². The average Bonchev–Trinajstić information content (AvgIpc) is 2.82. The lowest BCUT2D eigenvalue weighted by Crippen LogP contribution is -2.32. The number of hydrogen-bond donors (Lipinski definition) is 2. The molecule has 0 aliphatic heterocycles. The van der Waals surface area contributed by atoms with Crippen molar-refractivity contribution in [1.29, 1.82) is 0 Å². The van der Waals surface area contributed by atoms with Crippen molar-refractivity contribution in [3.63, 3.8) is 0 Å². The lowest BCUT2D eigenvalue weighted by molar-refractivity contribution is -0.136. The number of halogens is 1. The van der Waals surface area contributed by atoms with E-state index in [2.05, 4.69) is 15.8 Å². The molecule has 0 aliphatic carbocycles. The topological polar surface area (TPSA) is 106 Å². The number of methoxy groups -OCH3 is 1. The number of benzene rings is 3. The minimum Gasteiger partial charge on any atom is -0.497 e. The van der Waals surface area contributed by atoms with E-state index in [1.54, 1.807) is 73.7 Å². The van der Waals surface area contributed by atoms with Gasteiger partial charge in [0.15, 0.2) is 0 Å². The quantitative estimate of drug-likeness (QED) is 0.188. The van der Waals surface area contributed by atoms with Crippen LogP contribution in [0.25, 0.3) is 0 Å². The van der Waals surface area contributed by atoms with Crippen LogP contribution in [-0.4, -0.2) is 31.1 Å². The summed E-state index contributed by atoms with van der Waals surface area (Å²) in [5, 5.41) is 6.73. The van der Waals surface area contributed by atoms with E-state index in [1.165, 1.54) is 13.3 Å². The normalized spacial score (nSPS) is 10.5. The van der Waals surface area contributed by atoms with Crippen LogP contribution in [0, 0.1) is 6.92 Å². The van der Waals surface area contributed by atoms with Gasteiger partial charge in [0.1, 0.15) is 11.5 Å². The number of esters is 1. The Balaban J connectivity index is 1.57. The molecule has 0 saturated carbocycles. The first-order valence-electron chi connectivity index (χ1n) is 9.73. The number of nitrogens with one attached hydrogen (secondary N) is 2. The van der Waals surface area contributed by atoms with Crippen LogP contribution in [0.15, 0.2) is 71.8 Å². The Kier molecular flexibility index (Phi) is 7.77. The number of nitrogens with zero attached hydrogens (tertiary/aromatic N) is 1. The minimum absolute atomic E-state index is 0.292. The number of anilines is 1. The summed E-state index contributed by atoms with van der Waals surface area (Å²) in [6.07, 6.45) is 1.32. The van der Waals surface area contributed by atoms with E-state index in [-0.39, 0.29) is 0 Å². The second-order valence-electron chi connectivity index (χ2n) is 6.76. The maximum atomic E-state index is 12.3. The number of hydrazone groups is 1. The molecule has 0 heterocycles. The summed E-state index contributed by atoms with van der Waals surface area (Å²) in [5.74, 6) is -1.45. The first-order valence-corrected chi connectivity index (χ1v) is 10.1. The molecule has 0 radical (unpaired) electrons. The predicted octanol–water partition coefficient (Wildman–Crippen LogP) is 3.97. The summed E-state index contributed by atoms with van der Waals surface area (Å²) in [5.41, 5.74) is 4.13. The molecule has 0 aromatic heterocycles. The van der Waals surface area contributed by atoms with E-state index in [0.717, 1.165) is 0 Å². The largest absolute Gasteiger partial charge is 0.497 e. The van der Waals surface area contributed by atoms with Crippen molar-refractivity contribution in [2.24, 2.45) is 5.10 Å². The monoisotopic (exact) mass is 465 g/mol. The van der Waals surface area contributed by atoms with Gasteiger partial charge in [0.25, 0.3) is 0 Å². The molecule has 0 bridgehead atoms. The molecule has 0 fully saturated rings. The highest BCUT2D eigenvalue weighted by atomic mass is 35.5. The van der Waals surface area contributed by atoms with Crippen LogP contribution >= 0.6 is 11.6 Å². The van der Waals surface area contributed by atoms with Crippen LogP contribution in [-0.2, 0) is 9.59 Å². The molecule has 3 aromatic carbocycles. The first kappa shape index (κ1) is 23.5. The number of hydrogen-bond acceptors (Lipinski definition) is 6. The highest BCUT2D eigenvalue weighted by Crippen LogP contribution is 2.22. The second-order valence-corrected chi connectivity index (χ2v) is 7.16. The van der Waals surface area contributed by atoms with Gasteiger partial charge in [-0.25, -0.2) is 10.2 Å². The van der Waals surface area contributed by atoms with Gasteiger partial charge in [-0.05, 0) is 66.6 Å². The third-order valence-corrected chi connectivity index (χ3v) is 4.91. The Morgan fingerprint density at radius 1 is 0.939 bits per heavy atom. The fraction of sp³-hybridized carbons (Fsp3) is 0.0833. The van der Waals surface area contributed by atoms with Gasteiger partial charge in [0.05, 0.1) is 18.9 Å². The Labute approximate surface area is 195 Å². The molecule has 0 saturated heterocycles. The molecule has 3 aromatic rings. The third-order valence-electron chi connectivity index (χ3n) is 4.50. The fourth-order valence-electron chi connectivity index (χ4n) is 2.69. The van der Waals surface area contributed by atoms with Crippen molar-refractivity contribution in [3.05, 3.63) is 88.4 Å². The molecule has 0 spiro atoms. The molecule has 0 aliphatic rings. The van der Waals surface area contributed by atoms with Gasteiger partial charge in [0, 0.05) is 10.7 Å². The van der Waals surface area contributed by atoms with E-state index < -0.39 is 17.8 Å². The maximum absolute atomic E-state index is 12.3.